The van der Waals surface area contributed by atoms with Crippen LogP contribution >= 0.6 is 0 Å². The maximum atomic E-state index is 13.1. The quantitative estimate of drug-likeness (QED) is 0.509. The van der Waals surface area contributed by atoms with E-state index in [0.717, 1.165) is 56.1 Å². The van der Waals surface area contributed by atoms with Gasteiger partial charge in [0.25, 0.3) is 6.20 Å². The maximum absolute atomic E-state index is 13.1. The standard InChI is InChI=1S/C22H31N5O4/c1-16-11-17(2)13-18(12-16)23-20(14-27(30)31)24-19-7-3-4-10-26(22(19)29)15-21(28)25-8-5-6-9-25/h11-14,19,23-24H,3-10,15H2,1-2H3/b20-14-. The van der Waals surface area contributed by atoms with Gasteiger partial charge in [-0.15, -0.1) is 0 Å². The summed E-state index contributed by atoms with van der Waals surface area (Å²) in [6.07, 6.45) is 5.00. The minimum Gasteiger partial charge on any atom is -0.355 e. The van der Waals surface area contributed by atoms with Crippen LogP contribution in [-0.4, -0.2) is 58.8 Å². The first-order chi connectivity index (χ1) is 14.8. The topological polar surface area (TPSA) is 108 Å². The van der Waals surface area contributed by atoms with Crippen molar-refractivity contribution in [1.29, 1.82) is 0 Å². The zero-order valence-electron chi connectivity index (χ0n) is 18.2. The first-order valence-corrected chi connectivity index (χ1v) is 10.9. The van der Waals surface area contributed by atoms with E-state index >= 15 is 0 Å². The van der Waals surface area contributed by atoms with E-state index in [9.17, 15) is 19.7 Å². The Morgan fingerprint density at radius 3 is 2.42 bits per heavy atom. The molecule has 1 aromatic carbocycles. The largest absolute Gasteiger partial charge is 0.355 e. The first-order valence-electron chi connectivity index (χ1n) is 10.9. The highest BCUT2D eigenvalue weighted by atomic mass is 16.6. The van der Waals surface area contributed by atoms with Crippen molar-refractivity contribution in [3.63, 3.8) is 0 Å². The van der Waals surface area contributed by atoms with Crippen LogP contribution in [0.3, 0.4) is 0 Å². The molecule has 0 saturated carbocycles. The lowest BCUT2D eigenvalue weighted by molar-refractivity contribution is -0.403. The number of hydrogen-bond acceptors (Lipinski definition) is 6. The molecule has 1 aromatic rings. The Morgan fingerprint density at radius 2 is 1.77 bits per heavy atom. The molecule has 9 heteroatoms. The minimum atomic E-state index is -0.626. The SMILES string of the molecule is Cc1cc(C)cc(N/C(=C/[N+](=O)[O-])NC2CCCCN(CC(=O)N3CCCC3)C2=O)c1. The van der Waals surface area contributed by atoms with Crippen LogP contribution in [0, 0.1) is 24.0 Å². The van der Waals surface area contributed by atoms with E-state index < -0.39 is 11.0 Å². The second-order valence-electron chi connectivity index (χ2n) is 8.37. The minimum absolute atomic E-state index is 0.0269. The fourth-order valence-corrected chi connectivity index (χ4v) is 4.23. The number of hydrogen-bond donors (Lipinski definition) is 2. The number of carbonyl (C=O) groups excluding carboxylic acids is 2. The zero-order chi connectivity index (χ0) is 22.4. The molecule has 0 bridgehead atoms. The van der Waals surface area contributed by atoms with Gasteiger partial charge in [-0.3, -0.25) is 19.7 Å². The molecular formula is C22H31N5O4. The van der Waals surface area contributed by atoms with Gasteiger partial charge in [-0.2, -0.15) is 0 Å². The molecule has 0 aliphatic carbocycles. The number of rotatable bonds is 7. The van der Waals surface area contributed by atoms with Gasteiger partial charge in [0.2, 0.25) is 11.8 Å². The van der Waals surface area contributed by atoms with Crippen LogP contribution in [0.5, 0.6) is 0 Å². The number of likely N-dealkylation sites (tertiary alicyclic amines) is 2. The Bertz CT molecular complexity index is 843. The molecule has 1 unspecified atom stereocenters. The zero-order valence-corrected chi connectivity index (χ0v) is 18.2. The lowest BCUT2D eigenvalue weighted by Gasteiger charge is -2.27. The molecule has 1 atom stereocenters. The summed E-state index contributed by atoms with van der Waals surface area (Å²) in [5, 5.41) is 17.3. The number of amides is 2. The summed E-state index contributed by atoms with van der Waals surface area (Å²) in [5.74, 6) is -0.0662. The molecule has 31 heavy (non-hydrogen) atoms. The third-order valence-electron chi connectivity index (χ3n) is 5.63. The average molecular weight is 430 g/mol. The normalized spacial score (nSPS) is 19.9. The molecule has 2 amide bonds. The van der Waals surface area contributed by atoms with Crippen LogP contribution in [-0.2, 0) is 9.59 Å². The molecule has 2 heterocycles. The van der Waals surface area contributed by atoms with Gasteiger partial charge in [0.05, 0.1) is 11.5 Å². The predicted octanol–water partition coefficient (Wildman–Crippen LogP) is 2.38. The molecule has 2 aliphatic rings. The van der Waals surface area contributed by atoms with Gasteiger partial charge in [0, 0.05) is 25.3 Å². The molecule has 9 nitrogen and oxygen atoms in total. The highest BCUT2D eigenvalue weighted by Gasteiger charge is 2.30. The Kier molecular flexibility index (Phi) is 7.49. The van der Waals surface area contributed by atoms with Crippen molar-refractivity contribution in [1.82, 2.24) is 15.1 Å². The Labute approximate surface area is 182 Å². The molecule has 3 rings (SSSR count). The van der Waals surface area contributed by atoms with E-state index in [4.69, 9.17) is 0 Å². The molecule has 0 spiro atoms. The lowest BCUT2D eigenvalue weighted by atomic mass is 10.1. The molecular weight excluding hydrogens is 398 g/mol. The second-order valence-corrected chi connectivity index (χ2v) is 8.37. The van der Waals surface area contributed by atoms with E-state index in [1.807, 2.05) is 32.0 Å². The summed E-state index contributed by atoms with van der Waals surface area (Å²) in [6.45, 7) is 5.99. The van der Waals surface area contributed by atoms with E-state index in [1.165, 1.54) is 0 Å². The molecule has 0 radical (unpaired) electrons. The monoisotopic (exact) mass is 429 g/mol. The molecule has 168 valence electrons. The third-order valence-corrected chi connectivity index (χ3v) is 5.63. The summed E-state index contributed by atoms with van der Waals surface area (Å²) in [4.78, 5) is 39.7. The number of nitrogens with zero attached hydrogens (tertiary/aromatic N) is 3. The fourth-order valence-electron chi connectivity index (χ4n) is 4.23. The van der Waals surface area contributed by atoms with Gasteiger partial charge in [-0.1, -0.05) is 6.07 Å². The third kappa shape index (κ3) is 6.44. The predicted molar refractivity (Wildman–Crippen MR) is 118 cm³/mol. The van der Waals surface area contributed by atoms with Gasteiger partial charge >= 0.3 is 0 Å². The smallest absolute Gasteiger partial charge is 0.274 e. The van der Waals surface area contributed by atoms with Gasteiger partial charge in [-0.05, 0) is 69.2 Å². The number of anilines is 1. The van der Waals surface area contributed by atoms with E-state index in [0.29, 0.717) is 18.7 Å². The summed E-state index contributed by atoms with van der Waals surface area (Å²) in [6, 6.07) is 5.16. The van der Waals surface area contributed by atoms with E-state index in [1.54, 1.807) is 9.80 Å². The molecule has 2 saturated heterocycles. The van der Waals surface area contributed by atoms with Crippen LogP contribution in [0.1, 0.15) is 43.2 Å². The molecule has 2 aliphatic heterocycles. The van der Waals surface area contributed by atoms with E-state index in [2.05, 4.69) is 10.6 Å². The van der Waals surface area contributed by atoms with Crippen LogP contribution < -0.4 is 10.6 Å². The Hall–Kier alpha value is -3.10. The van der Waals surface area contributed by atoms with Crippen LogP contribution in [0.25, 0.3) is 0 Å². The van der Waals surface area contributed by atoms with Crippen LogP contribution in [0.4, 0.5) is 5.69 Å². The second kappa shape index (κ2) is 10.3. The first kappa shape index (κ1) is 22.6. The van der Waals surface area contributed by atoms with Crippen molar-refractivity contribution >= 4 is 17.5 Å². The molecule has 0 aromatic heterocycles. The summed E-state index contributed by atoms with van der Waals surface area (Å²) < 4.78 is 0. The van der Waals surface area contributed by atoms with Crippen LogP contribution in [0.2, 0.25) is 0 Å². The Balaban J connectivity index is 1.72. The summed E-state index contributed by atoms with van der Waals surface area (Å²) >= 11 is 0. The molecule has 2 N–H and O–H groups in total. The van der Waals surface area contributed by atoms with Crippen molar-refractivity contribution in [2.45, 2.75) is 52.0 Å². The molecule has 2 fully saturated rings. The van der Waals surface area contributed by atoms with Gasteiger partial charge in [-0.25, -0.2) is 0 Å². The number of nitro groups is 1. The number of nitrogens with one attached hydrogen (secondary N) is 2. The van der Waals surface area contributed by atoms with Crippen molar-refractivity contribution in [3.05, 3.63) is 51.5 Å². The number of benzene rings is 1. The number of carbonyl (C=O) groups is 2. The lowest BCUT2D eigenvalue weighted by Crippen LogP contribution is -2.49. The highest BCUT2D eigenvalue weighted by Crippen LogP contribution is 2.18. The average Bonchev–Trinajstić information content (AvgIpc) is 3.17. The number of aryl methyl sites for hydroxylation is 2. The Morgan fingerprint density at radius 1 is 1.13 bits per heavy atom. The van der Waals surface area contributed by atoms with Crippen molar-refractivity contribution in [2.75, 3.05) is 31.5 Å². The summed E-state index contributed by atoms with van der Waals surface area (Å²) in [5.41, 5.74) is 2.76. The van der Waals surface area contributed by atoms with Gasteiger partial charge in [0.15, 0.2) is 5.82 Å². The van der Waals surface area contributed by atoms with Gasteiger partial charge < -0.3 is 20.4 Å². The van der Waals surface area contributed by atoms with Gasteiger partial charge in [0.1, 0.15) is 6.04 Å². The van der Waals surface area contributed by atoms with Crippen LogP contribution in [0.15, 0.2) is 30.2 Å². The maximum Gasteiger partial charge on any atom is 0.274 e. The van der Waals surface area contributed by atoms with Crippen molar-refractivity contribution in [3.8, 4) is 0 Å². The van der Waals surface area contributed by atoms with Crippen molar-refractivity contribution in [2.24, 2.45) is 0 Å². The van der Waals surface area contributed by atoms with Crippen molar-refractivity contribution < 1.29 is 14.5 Å². The fraction of sp³-hybridized carbons (Fsp3) is 0.545. The summed E-state index contributed by atoms with van der Waals surface area (Å²) in [7, 11) is 0. The van der Waals surface area contributed by atoms with E-state index in [-0.39, 0.29) is 24.2 Å². The highest BCUT2D eigenvalue weighted by molar-refractivity contribution is 5.88.